The van der Waals surface area contributed by atoms with Crippen molar-refractivity contribution in [1.29, 1.82) is 0 Å². The van der Waals surface area contributed by atoms with Crippen molar-refractivity contribution < 1.29 is 19.3 Å². The number of ether oxygens (including phenoxy) is 1. The summed E-state index contributed by atoms with van der Waals surface area (Å²) in [6.45, 7) is 11.1. The minimum atomic E-state index is -0.658. The van der Waals surface area contributed by atoms with E-state index in [2.05, 4.69) is 30.5 Å². The number of anilines is 1. The van der Waals surface area contributed by atoms with Crippen molar-refractivity contribution in [3.63, 3.8) is 0 Å². The Hall–Kier alpha value is -2.57. The van der Waals surface area contributed by atoms with Crippen LogP contribution >= 0.6 is 0 Å². The summed E-state index contributed by atoms with van der Waals surface area (Å²) in [5.41, 5.74) is 9.72. The van der Waals surface area contributed by atoms with Gasteiger partial charge in [0.25, 0.3) is 0 Å². The van der Waals surface area contributed by atoms with Crippen LogP contribution in [0.4, 0.5) is 5.95 Å². The molecule has 3 rings (SSSR count). The lowest BCUT2D eigenvalue weighted by Crippen LogP contribution is -3.11. The maximum atomic E-state index is 10.6. The van der Waals surface area contributed by atoms with Crippen molar-refractivity contribution in [2.24, 2.45) is 0 Å². The molecule has 4 N–H and O–H groups in total. The second kappa shape index (κ2) is 9.76. The van der Waals surface area contributed by atoms with Crippen molar-refractivity contribution in [2.75, 3.05) is 32.0 Å². The third-order valence-electron chi connectivity index (χ3n) is 5.62. The van der Waals surface area contributed by atoms with E-state index in [0.29, 0.717) is 12.5 Å². The van der Waals surface area contributed by atoms with Gasteiger partial charge < -0.3 is 14.7 Å². The molecule has 0 bridgehead atoms. The molecular weight excluding hydrogens is 364 g/mol. The molecule has 1 atom stereocenters. The number of nitrogen functional groups attached to an aromatic ring is 1. The number of aliphatic hydroxyl groups excluding tert-OH is 1. The Balaban J connectivity index is 1.76. The number of para-hydroxylation sites is 3. The molecule has 2 aromatic carbocycles. The van der Waals surface area contributed by atoms with Gasteiger partial charge in [-0.1, -0.05) is 30.3 Å². The number of hydrogen-bond donors (Lipinski definition) is 3. The summed E-state index contributed by atoms with van der Waals surface area (Å²) in [6.07, 6.45) is -0.658. The molecule has 0 unspecified atom stereocenters. The Morgan fingerprint density at radius 3 is 2.52 bits per heavy atom. The Labute approximate surface area is 173 Å². The van der Waals surface area contributed by atoms with Gasteiger partial charge in [-0.15, -0.1) is 0 Å². The molecule has 0 spiro atoms. The molecule has 6 nitrogen and oxygen atoms in total. The zero-order chi connectivity index (χ0) is 20.8. The summed E-state index contributed by atoms with van der Waals surface area (Å²) in [5, 5.41) is 10.6. The number of imidazole rings is 1. The van der Waals surface area contributed by atoms with Crippen molar-refractivity contribution >= 4 is 17.0 Å². The number of nitrogens with one attached hydrogen (secondary N) is 1. The van der Waals surface area contributed by atoms with E-state index in [4.69, 9.17) is 10.5 Å². The molecule has 0 amide bonds. The number of aryl methyl sites for hydroxylation is 1. The largest absolute Gasteiger partial charge is 0.490 e. The highest BCUT2D eigenvalue weighted by atomic mass is 16.5. The predicted molar refractivity (Wildman–Crippen MR) is 116 cm³/mol. The molecule has 0 fully saturated rings. The zero-order valence-electron chi connectivity index (χ0n) is 17.8. The number of nitrogens with two attached hydrogens (primary N) is 1. The van der Waals surface area contributed by atoms with Gasteiger partial charge >= 0.3 is 5.95 Å². The SMILES string of the molecule is CC[NH+](CC)CCn1c(N)[n+](C[C@H](O)COc2ccccc2C)c2ccccc21. The summed E-state index contributed by atoms with van der Waals surface area (Å²) in [7, 11) is 0. The maximum absolute atomic E-state index is 10.6. The summed E-state index contributed by atoms with van der Waals surface area (Å²) in [5.74, 6) is 1.47. The van der Waals surface area contributed by atoms with Gasteiger partial charge in [0.05, 0.1) is 13.1 Å². The highest BCUT2D eigenvalue weighted by Crippen LogP contribution is 2.18. The Bertz CT molecular complexity index is 934. The van der Waals surface area contributed by atoms with Crippen molar-refractivity contribution in [3.8, 4) is 5.75 Å². The lowest BCUT2D eigenvalue weighted by Gasteiger charge is -2.15. The Morgan fingerprint density at radius 1 is 1.10 bits per heavy atom. The molecular formula is C23H34N4O2+2. The highest BCUT2D eigenvalue weighted by Gasteiger charge is 2.23. The first-order chi connectivity index (χ1) is 14.0. The molecule has 0 saturated carbocycles. The monoisotopic (exact) mass is 398 g/mol. The smallest absolute Gasteiger partial charge is 0.356 e. The van der Waals surface area contributed by atoms with Crippen LogP contribution in [-0.4, -0.2) is 42.0 Å². The molecule has 29 heavy (non-hydrogen) atoms. The zero-order valence-corrected chi connectivity index (χ0v) is 17.8. The summed E-state index contributed by atoms with van der Waals surface area (Å²) in [6, 6.07) is 16.0. The van der Waals surface area contributed by atoms with Crippen LogP contribution in [0.5, 0.6) is 5.75 Å². The lowest BCUT2D eigenvalue weighted by atomic mass is 10.2. The Kier molecular flexibility index (Phi) is 7.12. The van der Waals surface area contributed by atoms with Gasteiger partial charge in [0, 0.05) is 0 Å². The number of nitrogens with zero attached hydrogens (tertiary/aromatic N) is 2. The average Bonchev–Trinajstić information content (AvgIpc) is 2.99. The minimum Gasteiger partial charge on any atom is -0.490 e. The maximum Gasteiger partial charge on any atom is 0.356 e. The van der Waals surface area contributed by atoms with Gasteiger partial charge in [0.15, 0.2) is 0 Å². The molecule has 0 aliphatic heterocycles. The van der Waals surface area contributed by atoms with Gasteiger partial charge in [0.1, 0.15) is 49.1 Å². The normalized spacial score (nSPS) is 12.6. The lowest BCUT2D eigenvalue weighted by molar-refractivity contribution is -0.897. The molecule has 0 radical (unpaired) electrons. The van der Waals surface area contributed by atoms with E-state index >= 15 is 0 Å². The Morgan fingerprint density at radius 2 is 1.79 bits per heavy atom. The molecule has 1 heterocycles. The quantitative estimate of drug-likeness (QED) is 0.449. The van der Waals surface area contributed by atoms with Gasteiger partial charge in [-0.2, -0.15) is 0 Å². The molecule has 3 aromatic rings. The van der Waals surface area contributed by atoms with Gasteiger partial charge in [-0.05, 0) is 44.5 Å². The first-order valence-electron chi connectivity index (χ1n) is 10.5. The summed E-state index contributed by atoms with van der Waals surface area (Å²) >= 11 is 0. The fourth-order valence-corrected chi connectivity index (χ4v) is 3.78. The van der Waals surface area contributed by atoms with Gasteiger partial charge in [-0.3, -0.25) is 5.73 Å². The topological polar surface area (TPSA) is 68.7 Å². The molecule has 0 saturated heterocycles. The molecule has 6 heteroatoms. The third kappa shape index (κ3) is 4.89. The number of hydrogen-bond acceptors (Lipinski definition) is 3. The van der Waals surface area contributed by atoms with Gasteiger partial charge in [0.2, 0.25) is 0 Å². The fraction of sp³-hybridized carbons (Fsp3) is 0.435. The van der Waals surface area contributed by atoms with E-state index in [9.17, 15) is 5.11 Å². The van der Waals surface area contributed by atoms with E-state index in [1.807, 2.05) is 47.9 Å². The number of aliphatic hydroxyl groups is 1. The number of likely N-dealkylation sites (N-methyl/N-ethyl adjacent to an activating group) is 1. The van der Waals surface area contributed by atoms with Crippen LogP contribution in [0, 0.1) is 6.92 Å². The standard InChI is InChI=1S/C23H32N4O2/c1-4-25(5-2)14-15-26-20-11-7-8-12-21(20)27(23(26)24)16-19(28)17-29-22-13-9-6-10-18(22)3/h6-13,19,24,28H,4-5,14-17H2,1-3H3/p+2/t19-/m0/s1. The van der Waals surface area contributed by atoms with E-state index in [1.165, 1.54) is 0 Å². The van der Waals surface area contributed by atoms with Crippen molar-refractivity contribution in [2.45, 2.75) is 40.0 Å². The molecule has 0 aliphatic carbocycles. The van der Waals surface area contributed by atoms with Crippen molar-refractivity contribution in [1.82, 2.24) is 4.57 Å². The second-order valence-electron chi connectivity index (χ2n) is 7.55. The van der Waals surface area contributed by atoms with Crippen LogP contribution in [0.1, 0.15) is 19.4 Å². The van der Waals surface area contributed by atoms with Crippen LogP contribution in [0.3, 0.4) is 0 Å². The molecule has 1 aromatic heterocycles. The van der Waals surface area contributed by atoms with E-state index < -0.39 is 6.10 Å². The molecule has 156 valence electrons. The van der Waals surface area contributed by atoms with E-state index in [-0.39, 0.29) is 6.61 Å². The highest BCUT2D eigenvalue weighted by molar-refractivity contribution is 5.73. The third-order valence-corrected chi connectivity index (χ3v) is 5.62. The summed E-state index contributed by atoms with van der Waals surface area (Å²) < 4.78 is 9.98. The number of quaternary nitrogens is 1. The first-order valence-corrected chi connectivity index (χ1v) is 10.5. The van der Waals surface area contributed by atoms with Crippen LogP contribution in [0.15, 0.2) is 48.5 Å². The van der Waals surface area contributed by atoms with Crippen LogP contribution < -0.4 is 19.9 Å². The predicted octanol–water partition coefficient (Wildman–Crippen LogP) is 1.18. The fourth-order valence-electron chi connectivity index (χ4n) is 3.78. The minimum absolute atomic E-state index is 0.223. The first kappa shape index (κ1) is 21.1. The number of fused-ring (bicyclic) bond motifs is 1. The van der Waals surface area contributed by atoms with Crippen molar-refractivity contribution in [3.05, 3.63) is 54.1 Å². The summed E-state index contributed by atoms with van der Waals surface area (Å²) in [4.78, 5) is 1.54. The molecule has 0 aliphatic rings. The van der Waals surface area contributed by atoms with E-state index in [0.717, 1.165) is 48.5 Å². The number of rotatable bonds is 10. The number of benzene rings is 2. The van der Waals surface area contributed by atoms with Crippen LogP contribution in [-0.2, 0) is 13.1 Å². The van der Waals surface area contributed by atoms with E-state index in [1.54, 1.807) is 4.90 Å². The van der Waals surface area contributed by atoms with Gasteiger partial charge in [-0.25, -0.2) is 9.13 Å². The average molecular weight is 399 g/mol. The second-order valence-corrected chi connectivity index (χ2v) is 7.55. The van der Waals surface area contributed by atoms with Crippen LogP contribution in [0.2, 0.25) is 0 Å². The van der Waals surface area contributed by atoms with Crippen LogP contribution in [0.25, 0.3) is 11.0 Å². The number of aromatic nitrogens is 2.